The van der Waals surface area contributed by atoms with Gasteiger partial charge in [-0.05, 0) is 42.5 Å². The number of fused-ring (bicyclic) bond motifs is 3. The molecule has 5 nitrogen and oxygen atoms in total. The second-order valence-electron chi connectivity index (χ2n) is 6.91. The number of allylic oxidation sites excluding steroid dienone is 2. The largest absolute Gasteiger partial charge is 0.460 e. The van der Waals surface area contributed by atoms with Crippen molar-refractivity contribution in [2.24, 2.45) is 5.73 Å². The molecule has 2 aliphatic heterocycles. The number of thioether (sulfide) groups is 1. The molecule has 150 valence electrons. The Morgan fingerprint density at radius 3 is 2.48 bits per heavy atom. The maximum atomic E-state index is 10.0. The first kappa shape index (κ1) is 19.7. The van der Waals surface area contributed by atoms with Gasteiger partial charge in [-0.3, -0.25) is 4.90 Å². The molecule has 5 rings (SSSR count). The van der Waals surface area contributed by atoms with Gasteiger partial charge in [-0.15, -0.1) is 0 Å². The van der Waals surface area contributed by atoms with Crippen LogP contribution in [0.3, 0.4) is 0 Å². The molecule has 0 amide bonds. The van der Waals surface area contributed by atoms with Gasteiger partial charge in [0.2, 0.25) is 0 Å². The van der Waals surface area contributed by atoms with Crippen LogP contribution in [0.15, 0.2) is 85.9 Å². The monoisotopic (exact) mass is 462 g/mol. The second-order valence-corrected chi connectivity index (χ2v) is 8.76. The van der Waals surface area contributed by atoms with Gasteiger partial charge in [0.05, 0.1) is 44.9 Å². The third-order valence-electron chi connectivity index (χ3n) is 5.20. The lowest BCUT2D eigenvalue weighted by Gasteiger charge is -2.30. The van der Waals surface area contributed by atoms with Crippen LogP contribution in [-0.4, -0.2) is 0 Å². The number of nitriles is 2. The first-order valence-electron chi connectivity index (χ1n) is 9.19. The summed E-state index contributed by atoms with van der Waals surface area (Å²) < 4.78 is 6.09. The van der Waals surface area contributed by atoms with Crippen molar-refractivity contribution >= 4 is 40.7 Å². The first-order chi connectivity index (χ1) is 15.0. The number of benzene rings is 2. The Morgan fingerprint density at radius 2 is 1.74 bits per heavy atom. The maximum Gasteiger partial charge on any atom is 0.134 e. The van der Waals surface area contributed by atoms with E-state index < -0.39 is 5.92 Å². The second kappa shape index (κ2) is 7.44. The lowest BCUT2D eigenvalue weighted by atomic mass is 9.87. The van der Waals surface area contributed by atoms with Crippen LogP contribution in [0.25, 0.3) is 11.3 Å². The first-order valence-corrected chi connectivity index (χ1v) is 10.8. The quantitative estimate of drug-likeness (QED) is 0.474. The van der Waals surface area contributed by atoms with Gasteiger partial charge >= 0.3 is 0 Å². The molecule has 3 aromatic rings. The molecule has 0 spiro atoms. The van der Waals surface area contributed by atoms with Crippen molar-refractivity contribution < 1.29 is 4.42 Å². The Bertz CT molecular complexity index is 1390. The highest BCUT2D eigenvalue weighted by Crippen LogP contribution is 2.54. The molecule has 1 unspecified atom stereocenters. The predicted octanol–water partition coefficient (Wildman–Crippen LogP) is 6.39. The average Bonchev–Trinajstić information content (AvgIpc) is 3.40. The summed E-state index contributed by atoms with van der Waals surface area (Å²) in [6.45, 7) is 0. The molecule has 3 heterocycles. The number of halogens is 2. The number of anilines is 1. The fourth-order valence-electron chi connectivity index (χ4n) is 3.77. The summed E-state index contributed by atoms with van der Waals surface area (Å²) in [4.78, 5) is 2.75. The summed E-state index contributed by atoms with van der Waals surface area (Å²) in [5.74, 6) is 0.614. The molecule has 8 heteroatoms. The molecule has 0 radical (unpaired) electrons. The van der Waals surface area contributed by atoms with E-state index in [9.17, 15) is 10.5 Å². The lowest BCUT2D eigenvalue weighted by molar-refractivity contribution is 0.513. The molecular weight excluding hydrogens is 451 g/mol. The van der Waals surface area contributed by atoms with Gasteiger partial charge in [-0.1, -0.05) is 47.1 Å². The van der Waals surface area contributed by atoms with Crippen LogP contribution < -0.4 is 10.6 Å². The van der Waals surface area contributed by atoms with E-state index >= 15 is 0 Å². The number of nitrogens with zero attached hydrogens (tertiary/aromatic N) is 3. The van der Waals surface area contributed by atoms with E-state index in [1.807, 2.05) is 24.3 Å². The lowest BCUT2D eigenvalue weighted by Crippen LogP contribution is -2.32. The minimum absolute atomic E-state index is 0.271. The van der Waals surface area contributed by atoms with E-state index in [0.29, 0.717) is 38.0 Å². The van der Waals surface area contributed by atoms with Gasteiger partial charge in [-0.25, -0.2) is 0 Å². The van der Waals surface area contributed by atoms with Crippen molar-refractivity contribution in [1.29, 1.82) is 10.5 Å². The van der Waals surface area contributed by atoms with Crippen molar-refractivity contribution in [1.82, 2.24) is 0 Å². The van der Waals surface area contributed by atoms with Crippen LogP contribution in [0.4, 0.5) is 5.69 Å². The number of rotatable bonds is 2. The number of hydrogen-bond donors (Lipinski definition) is 1. The van der Waals surface area contributed by atoms with Crippen LogP contribution >= 0.6 is 35.0 Å². The molecule has 31 heavy (non-hydrogen) atoms. The molecule has 2 aromatic carbocycles. The summed E-state index contributed by atoms with van der Waals surface area (Å²) in [7, 11) is 0. The molecule has 2 N–H and O–H groups in total. The van der Waals surface area contributed by atoms with Crippen molar-refractivity contribution in [3.63, 3.8) is 0 Å². The third-order valence-corrected chi connectivity index (χ3v) is 7.10. The summed E-state index contributed by atoms with van der Waals surface area (Å²) in [5.41, 5.74) is 8.73. The van der Waals surface area contributed by atoms with Gasteiger partial charge in [0.15, 0.2) is 0 Å². The summed E-state index contributed by atoms with van der Waals surface area (Å²) >= 11 is 13.6. The van der Waals surface area contributed by atoms with Crippen LogP contribution in [0.1, 0.15) is 11.7 Å². The van der Waals surface area contributed by atoms with Gasteiger partial charge in [-0.2, -0.15) is 10.5 Å². The number of para-hydroxylation sites is 1. The third kappa shape index (κ3) is 3.00. The Hall–Kier alpha value is -3.29. The Kier molecular flexibility index (Phi) is 4.72. The fraction of sp³-hybridized carbons (Fsp3) is 0.0435. The molecule has 0 saturated heterocycles. The molecule has 2 aliphatic rings. The predicted molar refractivity (Wildman–Crippen MR) is 121 cm³/mol. The summed E-state index contributed by atoms with van der Waals surface area (Å²) in [6.07, 6.45) is 0. The van der Waals surface area contributed by atoms with Gasteiger partial charge in [0, 0.05) is 10.5 Å². The highest BCUT2D eigenvalue weighted by Gasteiger charge is 2.41. The number of furan rings is 1. The van der Waals surface area contributed by atoms with E-state index in [2.05, 4.69) is 12.1 Å². The maximum absolute atomic E-state index is 10.0. The van der Waals surface area contributed by atoms with Crippen molar-refractivity contribution in [3.8, 4) is 23.5 Å². The van der Waals surface area contributed by atoms with Crippen molar-refractivity contribution in [2.45, 2.75) is 10.8 Å². The zero-order valence-electron chi connectivity index (χ0n) is 15.8. The Balaban J connectivity index is 1.64. The normalized spacial score (nSPS) is 17.3. The zero-order valence-corrected chi connectivity index (χ0v) is 18.1. The van der Waals surface area contributed by atoms with E-state index in [0.717, 1.165) is 16.1 Å². The molecule has 1 atom stereocenters. The van der Waals surface area contributed by atoms with Crippen molar-refractivity contribution in [3.05, 3.63) is 92.4 Å². The van der Waals surface area contributed by atoms with E-state index in [1.54, 1.807) is 35.2 Å². The van der Waals surface area contributed by atoms with Gasteiger partial charge in [0.25, 0.3) is 0 Å². The average molecular weight is 463 g/mol. The number of nitrogens with two attached hydrogens (primary N) is 1. The Labute approximate surface area is 192 Å². The van der Waals surface area contributed by atoms with Crippen LogP contribution in [0, 0.1) is 22.7 Å². The van der Waals surface area contributed by atoms with E-state index in [-0.39, 0.29) is 5.57 Å². The smallest absolute Gasteiger partial charge is 0.134 e. The molecular formula is C23H12Cl2N4OS. The minimum Gasteiger partial charge on any atom is -0.460 e. The SMILES string of the molecule is N#CC1=C(N)N2C(=C(C#N)C1c1ccc(-c3ccc(Cl)c(Cl)c3)o1)Sc1ccccc12. The standard InChI is InChI=1S/C23H12Cl2N4OS/c24-15-6-5-12(9-16(15)25)18-7-8-19(30-18)21-13(10-26)22(28)29-17-3-1-2-4-20(17)31-23(29)14(21)11-27/h1-9,21H,28H2. The van der Waals surface area contributed by atoms with E-state index in [1.165, 1.54) is 11.8 Å². The summed E-state index contributed by atoms with van der Waals surface area (Å²) in [5, 5.41) is 21.5. The van der Waals surface area contributed by atoms with Gasteiger partial charge in [0.1, 0.15) is 22.4 Å². The molecule has 0 aliphatic carbocycles. The van der Waals surface area contributed by atoms with Crippen molar-refractivity contribution in [2.75, 3.05) is 4.90 Å². The van der Waals surface area contributed by atoms with E-state index in [4.69, 9.17) is 33.4 Å². The minimum atomic E-state index is -0.695. The van der Waals surface area contributed by atoms with Crippen LogP contribution in [0.2, 0.25) is 10.0 Å². The van der Waals surface area contributed by atoms with Crippen LogP contribution in [0.5, 0.6) is 0 Å². The Morgan fingerprint density at radius 1 is 0.968 bits per heavy atom. The fourth-order valence-corrected chi connectivity index (χ4v) is 5.25. The van der Waals surface area contributed by atoms with Gasteiger partial charge < -0.3 is 10.2 Å². The van der Waals surface area contributed by atoms with Crippen LogP contribution in [-0.2, 0) is 0 Å². The molecule has 1 aromatic heterocycles. The highest BCUT2D eigenvalue weighted by atomic mass is 35.5. The molecule has 0 fully saturated rings. The number of hydrogen-bond acceptors (Lipinski definition) is 6. The zero-order chi connectivity index (χ0) is 21.7. The highest BCUT2D eigenvalue weighted by molar-refractivity contribution is 8.03. The molecule has 0 bridgehead atoms. The topological polar surface area (TPSA) is 90.0 Å². The summed E-state index contributed by atoms with van der Waals surface area (Å²) in [6, 6.07) is 20.9. The molecule has 0 saturated carbocycles.